The Hall–Kier alpha value is -4.15. The Kier molecular flexibility index (Phi) is 8.36. The van der Waals surface area contributed by atoms with Crippen LogP contribution < -0.4 is 21.7 Å². The summed E-state index contributed by atoms with van der Waals surface area (Å²) in [6, 6.07) is 6.52. The molecule has 1 aromatic carbocycles. The highest BCUT2D eigenvalue weighted by molar-refractivity contribution is 5.95. The summed E-state index contributed by atoms with van der Waals surface area (Å²) in [5.41, 5.74) is -1.40. The van der Waals surface area contributed by atoms with E-state index in [4.69, 9.17) is 4.74 Å². The fourth-order valence-electron chi connectivity index (χ4n) is 3.37. The van der Waals surface area contributed by atoms with Gasteiger partial charge in [0, 0.05) is 6.20 Å². The van der Waals surface area contributed by atoms with E-state index >= 15 is 0 Å². The third kappa shape index (κ3) is 5.50. The summed E-state index contributed by atoms with van der Waals surface area (Å²) in [6.07, 6.45) is 1.52. The van der Waals surface area contributed by atoms with Gasteiger partial charge in [-0.2, -0.15) is 8.78 Å². The van der Waals surface area contributed by atoms with Crippen LogP contribution in [0.2, 0.25) is 0 Å². The number of hydrogen-bond donors (Lipinski definition) is 4. The molecule has 0 fully saturated rings. The molecule has 0 aliphatic carbocycles. The highest BCUT2D eigenvalue weighted by Gasteiger charge is 2.35. The lowest BCUT2D eigenvalue weighted by Crippen LogP contribution is -2.47. The zero-order valence-electron chi connectivity index (χ0n) is 19.6. The summed E-state index contributed by atoms with van der Waals surface area (Å²) >= 11 is 0. The lowest BCUT2D eigenvalue weighted by atomic mass is 10.0. The second-order valence-corrected chi connectivity index (χ2v) is 7.76. The van der Waals surface area contributed by atoms with Crippen molar-refractivity contribution in [3.05, 3.63) is 70.9 Å². The van der Waals surface area contributed by atoms with E-state index < -0.39 is 42.8 Å². The first kappa shape index (κ1) is 27.4. The molecule has 12 nitrogen and oxygen atoms in total. The van der Waals surface area contributed by atoms with Gasteiger partial charge in [-0.3, -0.25) is 20.9 Å². The second kappa shape index (κ2) is 11.3. The molecule has 0 saturated carbocycles. The molecule has 3 aromatic heterocycles. The van der Waals surface area contributed by atoms with Crippen molar-refractivity contribution in [1.29, 1.82) is 0 Å². The maximum atomic E-state index is 13.9. The van der Waals surface area contributed by atoms with Crippen molar-refractivity contribution in [2.45, 2.75) is 32.5 Å². The molecule has 37 heavy (non-hydrogen) atoms. The number of nitrogens with zero attached hydrogens (tertiary/aromatic N) is 6. The van der Waals surface area contributed by atoms with Gasteiger partial charge in [0.25, 0.3) is 5.91 Å². The van der Waals surface area contributed by atoms with Gasteiger partial charge < -0.3 is 15.2 Å². The number of fused-ring (bicyclic) bond motifs is 1. The molecule has 6 N–H and O–H groups in total. The van der Waals surface area contributed by atoms with Gasteiger partial charge in [0.1, 0.15) is 29.5 Å². The minimum atomic E-state index is -3.05. The molecular weight excluding hydrogens is 502 g/mol. The first-order valence-corrected chi connectivity index (χ1v) is 10.5. The number of alkyl halides is 2. The van der Waals surface area contributed by atoms with Crippen LogP contribution in [-0.4, -0.2) is 47.2 Å². The first-order chi connectivity index (χ1) is 17.6. The van der Waals surface area contributed by atoms with E-state index in [2.05, 4.69) is 37.4 Å². The topological polar surface area (TPSA) is 172 Å². The first-order valence-electron chi connectivity index (χ1n) is 10.5. The van der Waals surface area contributed by atoms with E-state index in [-0.39, 0.29) is 39.0 Å². The van der Waals surface area contributed by atoms with Crippen LogP contribution >= 0.6 is 0 Å². The van der Waals surface area contributed by atoms with Gasteiger partial charge in [0.05, 0.1) is 17.9 Å². The fraction of sp³-hybridized carbons (Fsp3) is 0.286. The summed E-state index contributed by atoms with van der Waals surface area (Å²) in [5.74, 6) is 5.58. The number of aliphatic hydroxyl groups is 1. The van der Waals surface area contributed by atoms with Crippen LogP contribution in [0.25, 0.3) is 5.65 Å². The van der Waals surface area contributed by atoms with Crippen molar-refractivity contribution in [3.8, 4) is 5.75 Å². The number of nitrogens with one attached hydrogen (secondary N) is 1. The van der Waals surface area contributed by atoms with Crippen LogP contribution in [0.4, 0.5) is 17.6 Å². The summed E-state index contributed by atoms with van der Waals surface area (Å²) in [6.45, 7) is -1.30. The number of aliphatic hydroxyl groups excluding tert-OH is 1. The van der Waals surface area contributed by atoms with Gasteiger partial charge in [-0.25, -0.2) is 13.8 Å². The molecular formula is C21H23F4N9O3. The number of rotatable bonds is 8. The van der Waals surface area contributed by atoms with Crippen molar-refractivity contribution in [3.63, 3.8) is 0 Å². The molecule has 4 rings (SSSR count). The molecule has 4 aromatic rings. The molecule has 198 valence electrons. The van der Waals surface area contributed by atoms with Crippen LogP contribution in [0.3, 0.4) is 0 Å². The number of pyridine rings is 1. The number of amides is 1. The Morgan fingerprint density at radius 1 is 1.22 bits per heavy atom. The van der Waals surface area contributed by atoms with Crippen molar-refractivity contribution in [2.75, 3.05) is 6.61 Å². The number of imidazole rings is 1. The zero-order chi connectivity index (χ0) is 27.3. The number of aromatic nitrogens is 6. The molecule has 1 amide bonds. The average molecular weight is 525 g/mol. The highest BCUT2D eigenvalue weighted by atomic mass is 19.3. The molecule has 0 radical (unpaired) electrons. The molecule has 0 spiro atoms. The van der Waals surface area contributed by atoms with Crippen molar-refractivity contribution in [2.24, 2.45) is 11.7 Å². The standard InChI is InChI=1S/C21H19F4N7O3.H4N2/c1-11-16(18(34)27-21(2,10-33)19-28-30-32(29-19)20(24)25)31-8-4-7-15(17(31)26-11)35-9-12-13(22)5-3-6-14(12)23;1-2/h3-8,20,33H,9-10H2,1-2H3,(H,27,34);1-2H2/t21-;/m0./s1. The van der Waals surface area contributed by atoms with Gasteiger partial charge >= 0.3 is 6.55 Å². The maximum Gasteiger partial charge on any atom is 0.350 e. The fourth-order valence-corrected chi connectivity index (χ4v) is 3.37. The number of benzene rings is 1. The highest BCUT2D eigenvalue weighted by Crippen LogP contribution is 2.25. The number of ether oxygens (including phenoxy) is 1. The molecule has 0 unspecified atom stereocenters. The van der Waals surface area contributed by atoms with E-state index in [1.54, 1.807) is 13.0 Å². The molecule has 0 aliphatic rings. The summed E-state index contributed by atoms with van der Waals surface area (Å²) < 4.78 is 60.5. The van der Waals surface area contributed by atoms with Crippen LogP contribution in [0, 0.1) is 18.6 Å². The Balaban J connectivity index is 0.00000186. The molecule has 0 bridgehead atoms. The molecule has 3 heterocycles. The average Bonchev–Trinajstić information content (AvgIpc) is 3.50. The van der Waals surface area contributed by atoms with Crippen LogP contribution in [0.1, 0.15) is 41.0 Å². The number of nitrogens with two attached hydrogens (primary N) is 2. The quantitative estimate of drug-likeness (QED) is 0.150. The number of hydrazine groups is 1. The van der Waals surface area contributed by atoms with E-state index in [1.165, 1.54) is 29.7 Å². The van der Waals surface area contributed by atoms with Crippen LogP contribution in [0.5, 0.6) is 5.75 Å². The SMILES string of the molecule is Cc1nc2c(OCc3c(F)cccc3F)cccn2c1C(=O)N[C@@](C)(CO)c1nnn(C(F)F)n1.NN. The number of carbonyl (C=O) groups excluding carboxylic acids is 1. The van der Waals surface area contributed by atoms with Gasteiger partial charge in [0.15, 0.2) is 11.4 Å². The Morgan fingerprint density at radius 3 is 2.49 bits per heavy atom. The normalized spacial score (nSPS) is 12.7. The number of hydrogen-bond acceptors (Lipinski definition) is 9. The third-order valence-electron chi connectivity index (χ3n) is 5.24. The van der Waals surface area contributed by atoms with E-state index in [0.29, 0.717) is 0 Å². The number of halogens is 4. The Labute approximate surface area is 206 Å². The predicted molar refractivity (Wildman–Crippen MR) is 120 cm³/mol. The largest absolute Gasteiger partial charge is 0.485 e. The number of aryl methyl sites for hydroxylation is 1. The van der Waals surface area contributed by atoms with Gasteiger partial charge in [-0.05, 0) is 43.3 Å². The van der Waals surface area contributed by atoms with Crippen LogP contribution in [0.15, 0.2) is 36.5 Å². The lowest BCUT2D eigenvalue weighted by Gasteiger charge is -2.25. The Bertz CT molecular complexity index is 1370. The van der Waals surface area contributed by atoms with Crippen LogP contribution in [-0.2, 0) is 12.1 Å². The predicted octanol–water partition coefficient (Wildman–Crippen LogP) is 1.34. The summed E-state index contributed by atoms with van der Waals surface area (Å²) in [7, 11) is 0. The number of tetrazole rings is 1. The second-order valence-electron chi connectivity index (χ2n) is 7.76. The van der Waals surface area contributed by atoms with E-state index in [9.17, 15) is 27.5 Å². The smallest absolute Gasteiger partial charge is 0.350 e. The lowest BCUT2D eigenvalue weighted by molar-refractivity contribution is 0.0386. The van der Waals surface area contributed by atoms with E-state index in [1.807, 2.05) is 0 Å². The van der Waals surface area contributed by atoms with Crippen molar-refractivity contribution in [1.82, 2.24) is 34.9 Å². The van der Waals surface area contributed by atoms with Gasteiger partial charge in [-0.1, -0.05) is 10.9 Å². The third-order valence-corrected chi connectivity index (χ3v) is 5.24. The maximum absolute atomic E-state index is 13.9. The monoisotopic (exact) mass is 525 g/mol. The minimum Gasteiger partial charge on any atom is -0.485 e. The minimum absolute atomic E-state index is 0.0449. The zero-order valence-corrected chi connectivity index (χ0v) is 19.6. The molecule has 16 heteroatoms. The number of carbonyl (C=O) groups is 1. The van der Waals surface area contributed by atoms with Gasteiger partial charge in [-0.15, -0.1) is 10.2 Å². The molecule has 1 atom stereocenters. The summed E-state index contributed by atoms with van der Waals surface area (Å²) in [5, 5.41) is 22.6. The Morgan fingerprint density at radius 2 is 1.89 bits per heavy atom. The summed E-state index contributed by atoms with van der Waals surface area (Å²) in [4.78, 5) is 17.5. The molecule has 0 saturated heterocycles. The molecule has 0 aliphatic heterocycles. The van der Waals surface area contributed by atoms with Gasteiger partial charge in [0.2, 0.25) is 5.82 Å². The van der Waals surface area contributed by atoms with Crippen molar-refractivity contribution >= 4 is 11.6 Å². The van der Waals surface area contributed by atoms with Crippen molar-refractivity contribution < 1.29 is 32.2 Å². The van der Waals surface area contributed by atoms with E-state index in [0.717, 1.165) is 12.1 Å².